The molecule has 0 saturated heterocycles. The van der Waals surface area contributed by atoms with E-state index in [9.17, 15) is 0 Å². The summed E-state index contributed by atoms with van der Waals surface area (Å²) in [6.07, 6.45) is 0. The topological polar surface area (TPSA) is 53.1 Å². The summed E-state index contributed by atoms with van der Waals surface area (Å²) in [5, 5.41) is 7.45. The Labute approximate surface area is 140 Å². The lowest BCUT2D eigenvalue weighted by atomic mass is 10.1. The highest BCUT2D eigenvalue weighted by atomic mass is 32.1. The van der Waals surface area contributed by atoms with Crippen LogP contribution in [0.1, 0.15) is 5.56 Å². The van der Waals surface area contributed by atoms with E-state index in [0.717, 1.165) is 11.1 Å². The second-order valence-electron chi connectivity index (χ2n) is 5.60. The first-order valence-electron chi connectivity index (χ1n) is 7.37. The van der Waals surface area contributed by atoms with Crippen LogP contribution in [0, 0.1) is 5.41 Å². The quantitative estimate of drug-likeness (QED) is 0.551. The van der Waals surface area contributed by atoms with Crippen molar-refractivity contribution >= 4 is 22.9 Å². The number of amidine groups is 1. The number of nitrogens with one attached hydrogen (secondary N) is 1. The number of nitrogens with zero attached hydrogens (tertiary/aromatic N) is 1. The first kappa shape index (κ1) is 15.3. The van der Waals surface area contributed by atoms with E-state index in [1.807, 2.05) is 38.4 Å². The molecule has 0 spiro atoms. The maximum absolute atomic E-state index is 7.45. The summed E-state index contributed by atoms with van der Waals surface area (Å²) < 4.78 is 0. The molecule has 0 bridgehead atoms. The molecule has 0 fully saturated rings. The predicted molar refractivity (Wildman–Crippen MR) is 101 cm³/mol. The molecule has 0 aliphatic rings. The van der Waals surface area contributed by atoms with Crippen LogP contribution in [0.4, 0.5) is 5.69 Å². The lowest BCUT2D eigenvalue weighted by Gasteiger charge is -2.12. The Hall–Kier alpha value is -2.59. The Kier molecular flexibility index (Phi) is 4.17. The van der Waals surface area contributed by atoms with E-state index in [-0.39, 0.29) is 5.84 Å². The van der Waals surface area contributed by atoms with Gasteiger partial charge in [-0.2, -0.15) is 0 Å². The van der Waals surface area contributed by atoms with E-state index in [2.05, 4.69) is 41.3 Å². The highest BCUT2D eigenvalue weighted by Crippen LogP contribution is 2.35. The fourth-order valence-electron chi connectivity index (χ4n) is 2.39. The number of nitrogen functional groups attached to an aromatic ring is 1. The molecular weight excluding hydrogens is 302 g/mol. The minimum absolute atomic E-state index is 0.101. The first-order valence-corrected chi connectivity index (χ1v) is 8.18. The van der Waals surface area contributed by atoms with Crippen molar-refractivity contribution in [1.29, 1.82) is 5.41 Å². The van der Waals surface area contributed by atoms with Gasteiger partial charge in [0.1, 0.15) is 5.84 Å². The minimum Gasteiger partial charge on any atom is -0.384 e. The number of rotatable bonds is 4. The zero-order valence-electron chi connectivity index (χ0n) is 13.2. The molecule has 3 aromatic rings. The number of anilines is 1. The molecule has 116 valence electrons. The van der Waals surface area contributed by atoms with Crippen LogP contribution in [-0.4, -0.2) is 19.9 Å². The smallest absolute Gasteiger partial charge is 0.122 e. The maximum Gasteiger partial charge on any atom is 0.122 e. The second kappa shape index (κ2) is 6.26. The van der Waals surface area contributed by atoms with E-state index in [4.69, 9.17) is 11.1 Å². The van der Waals surface area contributed by atoms with Gasteiger partial charge in [-0.3, -0.25) is 5.41 Å². The Morgan fingerprint density at radius 1 is 0.826 bits per heavy atom. The second-order valence-corrected chi connectivity index (χ2v) is 6.68. The average Bonchev–Trinajstić information content (AvgIpc) is 3.05. The highest BCUT2D eigenvalue weighted by molar-refractivity contribution is 7.18. The Morgan fingerprint density at radius 3 is 1.74 bits per heavy atom. The molecule has 0 saturated carbocycles. The summed E-state index contributed by atoms with van der Waals surface area (Å²) in [6.45, 7) is 0. The molecule has 0 aliphatic carbocycles. The lowest BCUT2D eigenvalue weighted by Crippen LogP contribution is -2.10. The molecule has 4 heteroatoms. The monoisotopic (exact) mass is 321 g/mol. The molecule has 3 nitrogen and oxygen atoms in total. The van der Waals surface area contributed by atoms with Crippen molar-refractivity contribution in [3.63, 3.8) is 0 Å². The summed E-state index contributed by atoms with van der Waals surface area (Å²) in [6, 6.07) is 20.7. The third kappa shape index (κ3) is 3.27. The van der Waals surface area contributed by atoms with Crippen LogP contribution >= 0.6 is 11.3 Å². The number of nitrogens with two attached hydrogens (primary N) is 1. The molecule has 1 heterocycles. The van der Waals surface area contributed by atoms with Crippen molar-refractivity contribution < 1.29 is 0 Å². The van der Waals surface area contributed by atoms with Crippen LogP contribution in [0.25, 0.3) is 20.9 Å². The normalized spacial score (nSPS) is 10.5. The third-order valence-corrected chi connectivity index (χ3v) is 4.94. The zero-order chi connectivity index (χ0) is 16.4. The van der Waals surface area contributed by atoms with Gasteiger partial charge in [0.2, 0.25) is 0 Å². The van der Waals surface area contributed by atoms with Crippen LogP contribution in [-0.2, 0) is 0 Å². The number of thiophene rings is 1. The Balaban J connectivity index is 1.86. The minimum atomic E-state index is 0.101. The fourth-order valence-corrected chi connectivity index (χ4v) is 3.40. The van der Waals surface area contributed by atoms with Crippen molar-refractivity contribution in [2.45, 2.75) is 0 Å². The van der Waals surface area contributed by atoms with Crippen LogP contribution in [0.2, 0.25) is 0 Å². The van der Waals surface area contributed by atoms with E-state index in [0.29, 0.717) is 0 Å². The van der Waals surface area contributed by atoms with Crippen LogP contribution < -0.4 is 10.6 Å². The SMILES string of the molecule is CN(C)c1ccc(-c2ccc(-c3ccc(C(=N)N)cc3)s2)cc1. The molecule has 0 radical (unpaired) electrons. The van der Waals surface area contributed by atoms with Crippen molar-refractivity contribution in [3.05, 3.63) is 66.2 Å². The molecule has 0 amide bonds. The predicted octanol–water partition coefficient (Wildman–Crippen LogP) is 4.43. The van der Waals surface area contributed by atoms with Gasteiger partial charge in [0.25, 0.3) is 0 Å². The molecule has 1 aromatic heterocycles. The molecule has 0 atom stereocenters. The van der Waals surface area contributed by atoms with E-state index in [1.165, 1.54) is 21.0 Å². The van der Waals surface area contributed by atoms with E-state index < -0.39 is 0 Å². The lowest BCUT2D eigenvalue weighted by molar-refractivity contribution is 1.13. The van der Waals surface area contributed by atoms with Crippen LogP contribution in [0.3, 0.4) is 0 Å². The fraction of sp³-hybridized carbons (Fsp3) is 0.105. The molecule has 3 rings (SSSR count). The van der Waals surface area contributed by atoms with Gasteiger partial charge in [0.15, 0.2) is 0 Å². The molecule has 2 aromatic carbocycles. The standard InChI is InChI=1S/C19H19N3S/c1-22(2)16-9-7-14(8-10-16)18-12-11-17(23-18)13-3-5-15(6-4-13)19(20)21/h3-12H,1-2H3,(H3,20,21). The molecule has 23 heavy (non-hydrogen) atoms. The van der Waals surface area contributed by atoms with Gasteiger partial charge in [-0.25, -0.2) is 0 Å². The Morgan fingerprint density at radius 2 is 1.30 bits per heavy atom. The van der Waals surface area contributed by atoms with Crippen molar-refractivity contribution in [2.24, 2.45) is 5.73 Å². The van der Waals surface area contributed by atoms with Gasteiger partial charge < -0.3 is 10.6 Å². The van der Waals surface area contributed by atoms with Gasteiger partial charge in [0, 0.05) is 35.1 Å². The van der Waals surface area contributed by atoms with Gasteiger partial charge in [-0.1, -0.05) is 36.4 Å². The first-order chi connectivity index (χ1) is 11.0. The largest absolute Gasteiger partial charge is 0.384 e. The molecule has 0 aliphatic heterocycles. The molecular formula is C19H19N3S. The van der Waals surface area contributed by atoms with Gasteiger partial charge >= 0.3 is 0 Å². The summed E-state index contributed by atoms with van der Waals surface area (Å²) in [7, 11) is 4.09. The molecule has 0 unspecified atom stereocenters. The summed E-state index contributed by atoms with van der Waals surface area (Å²) in [5.41, 5.74) is 9.83. The summed E-state index contributed by atoms with van der Waals surface area (Å²) >= 11 is 1.77. The van der Waals surface area contributed by atoms with E-state index in [1.54, 1.807) is 11.3 Å². The number of hydrogen-bond donors (Lipinski definition) is 2. The number of benzene rings is 2. The average molecular weight is 321 g/mol. The molecule has 3 N–H and O–H groups in total. The van der Waals surface area contributed by atoms with Crippen molar-refractivity contribution in [1.82, 2.24) is 0 Å². The zero-order valence-corrected chi connectivity index (χ0v) is 14.0. The maximum atomic E-state index is 7.45. The number of hydrogen-bond acceptors (Lipinski definition) is 3. The summed E-state index contributed by atoms with van der Waals surface area (Å²) in [5.74, 6) is 0.101. The summed E-state index contributed by atoms with van der Waals surface area (Å²) in [4.78, 5) is 4.56. The van der Waals surface area contributed by atoms with Gasteiger partial charge in [-0.05, 0) is 35.4 Å². The van der Waals surface area contributed by atoms with Gasteiger partial charge in [-0.15, -0.1) is 11.3 Å². The van der Waals surface area contributed by atoms with Crippen LogP contribution in [0.15, 0.2) is 60.7 Å². The third-order valence-electron chi connectivity index (χ3n) is 3.75. The van der Waals surface area contributed by atoms with Crippen molar-refractivity contribution in [3.8, 4) is 20.9 Å². The van der Waals surface area contributed by atoms with Gasteiger partial charge in [0.05, 0.1) is 0 Å². The van der Waals surface area contributed by atoms with Crippen molar-refractivity contribution in [2.75, 3.05) is 19.0 Å². The van der Waals surface area contributed by atoms with E-state index >= 15 is 0 Å². The Bertz CT molecular complexity index is 815. The van der Waals surface area contributed by atoms with Crippen LogP contribution in [0.5, 0.6) is 0 Å². The highest BCUT2D eigenvalue weighted by Gasteiger charge is 2.06.